The molecule has 1 fully saturated rings. The van der Waals surface area contributed by atoms with E-state index < -0.39 is 6.29 Å². The largest absolute Gasteiger partial charge is 0.483 e. The highest BCUT2D eigenvalue weighted by molar-refractivity contribution is 5.87. The number of hydrogen-bond donors (Lipinski definition) is 1. The lowest BCUT2D eigenvalue weighted by Crippen LogP contribution is -2.29. The molecule has 36 heavy (non-hydrogen) atoms. The fourth-order valence-electron chi connectivity index (χ4n) is 4.68. The number of ether oxygens (including phenoxy) is 3. The molecule has 6 heteroatoms. The third-order valence-corrected chi connectivity index (χ3v) is 6.55. The molecule has 5 rings (SSSR count). The van der Waals surface area contributed by atoms with Crippen molar-refractivity contribution in [2.75, 3.05) is 13.2 Å². The summed E-state index contributed by atoms with van der Waals surface area (Å²) in [7, 11) is 0. The number of nitrogens with zero attached hydrogens (tertiary/aromatic N) is 1. The second-order valence-electron chi connectivity index (χ2n) is 9.06. The zero-order valence-corrected chi connectivity index (χ0v) is 20.5. The van der Waals surface area contributed by atoms with Gasteiger partial charge in [0.25, 0.3) is 0 Å². The number of aliphatic hydroxyl groups is 1. The van der Waals surface area contributed by atoms with Gasteiger partial charge < -0.3 is 23.9 Å². The molecule has 1 saturated heterocycles. The Balaban J connectivity index is 1.68. The van der Waals surface area contributed by atoms with Gasteiger partial charge in [-0.15, -0.1) is 0 Å². The van der Waals surface area contributed by atoms with E-state index in [2.05, 4.69) is 6.07 Å². The minimum Gasteiger partial charge on any atom is -0.483 e. The van der Waals surface area contributed by atoms with Gasteiger partial charge in [0, 0.05) is 18.5 Å². The molecule has 2 heterocycles. The second kappa shape index (κ2) is 11.0. The minimum absolute atomic E-state index is 0.122. The summed E-state index contributed by atoms with van der Waals surface area (Å²) in [4.78, 5) is 13.7. The maximum Gasteiger partial charge on any atom is 0.230 e. The van der Waals surface area contributed by atoms with Crippen molar-refractivity contribution in [2.45, 2.75) is 45.6 Å². The molecule has 0 bridgehead atoms. The Hall–Kier alpha value is -3.61. The maximum atomic E-state index is 13.7. The number of rotatable bonds is 8. The van der Waals surface area contributed by atoms with Crippen LogP contribution in [0.15, 0.2) is 77.6 Å². The molecule has 0 amide bonds. The van der Waals surface area contributed by atoms with E-state index in [4.69, 9.17) is 14.2 Å². The molecule has 0 aliphatic carbocycles. The van der Waals surface area contributed by atoms with Crippen LogP contribution in [0.25, 0.3) is 22.0 Å². The highest BCUT2D eigenvalue weighted by atomic mass is 16.7. The molecule has 1 aliphatic rings. The van der Waals surface area contributed by atoms with Crippen LogP contribution in [0.5, 0.6) is 11.6 Å². The first-order valence-corrected chi connectivity index (χ1v) is 12.5. The fourth-order valence-corrected chi connectivity index (χ4v) is 4.68. The molecule has 1 N–H and O–H groups in total. The summed E-state index contributed by atoms with van der Waals surface area (Å²) in [5.41, 5.74) is 2.58. The van der Waals surface area contributed by atoms with Crippen molar-refractivity contribution in [1.29, 1.82) is 0 Å². The van der Waals surface area contributed by atoms with Crippen LogP contribution in [-0.2, 0) is 17.9 Å². The standard InChI is InChI=1S/C30H31NO5/c1-21-28(33)29(35-20-22-9-3-2-4-10-22)27(25-15-14-23-11-5-6-12-24(23)19-25)31(16-17-32)30(21)36-26-13-7-8-18-34-26/h2-6,9-12,14-15,19,26,32H,7-8,13,16-18,20H2,1H3. The zero-order valence-electron chi connectivity index (χ0n) is 20.5. The summed E-state index contributed by atoms with van der Waals surface area (Å²) in [6.07, 6.45) is 2.33. The summed E-state index contributed by atoms with van der Waals surface area (Å²) in [6, 6.07) is 23.9. The average Bonchev–Trinajstić information content (AvgIpc) is 2.93. The van der Waals surface area contributed by atoms with Crippen molar-refractivity contribution in [3.8, 4) is 22.9 Å². The Morgan fingerprint density at radius 1 is 1.00 bits per heavy atom. The number of hydrogen-bond acceptors (Lipinski definition) is 5. The predicted octanol–water partition coefficient (Wildman–Crippen LogP) is 5.45. The van der Waals surface area contributed by atoms with Crippen LogP contribution in [0.1, 0.15) is 30.4 Å². The van der Waals surface area contributed by atoms with Gasteiger partial charge in [-0.05, 0) is 42.2 Å². The van der Waals surface area contributed by atoms with Crippen LogP contribution in [0.4, 0.5) is 0 Å². The van der Waals surface area contributed by atoms with E-state index in [0.717, 1.165) is 41.2 Å². The molecule has 0 radical (unpaired) electrons. The summed E-state index contributed by atoms with van der Waals surface area (Å²) in [5, 5.41) is 12.2. The highest BCUT2D eigenvalue weighted by Crippen LogP contribution is 2.36. The van der Waals surface area contributed by atoms with E-state index in [-0.39, 0.29) is 30.9 Å². The molecule has 0 saturated carbocycles. The zero-order chi connectivity index (χ0) is 24.9. The first-order valence-electron chi connectivity index (χ1n) is 12.5. The van der Waals surface area contributed by atoms with Gasteiger partial charge in [0.05, 0.1) is 24.5 Å². The van der Waals surface area contributed by atoms with E-state index >= 15 is 0 Å². The number of aromatic nitrogens is 1. The van der Waals surface area contributed by atoms with Crippen LogP contribution < -0.4 is 14.9 Å². The van der Waals surface area contributed by atoms with Crippen LogP contribution in [-0.4, -0.2) is 29.2 Å². The summed E-state index contributed by atoms with van der Waals surface area (Å²) >= 11 is 0. The number of fused-ring (bicyclic) bond motifs is 1. The number of pyridine rings is 1. The molecular formula is C30H31NO5. The smallest absolute Gasteiger partial charge is 0.230 e. The Labute approximate surface area is 210 Å². The third-order valence-electron chi connectivity index (χ3n) is 6.55. The quantitative estimate of drug-likeness (QED) is 0.359. The monoisotopic (exact) mass is 485 g/mol. The van der Waals surface area contributed by atoms with Gasteiger partial charge >= 0.3 is 0 Å². The number of benzene rings is 3. The van der Waals surface area contributed by atoms with Gasteiger partial charge in [-0.25, -0.2) is 0 Å². The molecule has 4 aromatic rings. The van der Waals surface area contributed by atoms with E-state index in [9.17, 15) is 9.90 Å². The van der Waals surface area contributed by atoms with Crippen molar-refractivity contribution in [3.63, 3.8) is 0 Å². The molecule has 3 aromatic carbocycles. The van der Waals surface area contributed by atoms with Crippen molar-refractivity contribution in [2.24, 2.45) is 0 Å². The molecule has 6 nitrogen and oxygen atoms in total. The third kappa shape index (κ3) is 5.01. The Morgan fingerprint density at radius 2 is 1.78 bits per heavy atom. The molecular weight excluding hydrogens is 454 g/mol. The minimum atomic E-state index is -0.428. The maximum absolute atomic E-state index is 13.7. The van der Waals surface area contributed by atoms with E-state index in [0.29, 0.717) is 23.7 Å². The molecule has 1 unspecified atom stereocenters. The van der Waals surface area contributed by atoms with Crippen molar-refractivity contribution in [1.82, 2.24) is 4.57 Å². The van der Waals surface area contributed by atoms with Gasteiger partial charge in [0.2, 0.25) is 17.6 Å². The van der Waals surface area contributed by atoms with Gasteiger partial charge in [-0.1, -0.05) is 66.7 Å². The first-order chi connectivity index (χ1) is 17.7. The summed E-state index contributed by atoms with van der Waals surface area (Å²) < 4.78 is 20.2. The summed E-state index contributed by atoms with van der Waals surface area (Å²) in [6.45, 7) is 2.74. The second-order valence-corrected chi connectivity index (χ2v) is 9.06. The Kier molecular flexibility index (Phi) is 7.35. The lowest BCUT2D eigenvalue weighted by atomic mass is 10.0. The average molecular weight is 486 g/mol. The molecule has 1 atom stereocenters. The van der Waals surface area contributed by atoms with Crippen LogP contribution in [0, 0.1) is 6.92 Å². The predicted molar refractivity (Wildman–Crippen MR) is 140 cm³/mol. The van der Waals surface area contributed by atoms with Gasteiger partial charge in [0.15, 0.2) is 5.75 Å². The normalized spacial score (nSPS) is 15.7. The van der Waals surface area contributed by atoms with Gasteiger partial charge in [0.1, 0.15) is 6.61 Å². The van der Waals surface area contributed by atoms with Crippen molar-refractivity contribution in [3.05, 3.63) is 94.1 Å². The fraction of sp³-hybridized carbons (Fsp3) is 0.300. The van der Waals surface area contributed by atoms with E-state index in [1.165, 1.54) is 0 Å². The molecule has 1 aliphatic heterocycles. The summed E-state index contributed by atoms with van der Waals surface area (Å²) in [5.74, 6) is 0.660. The molecule has 1 aromatic heterocycles. The SMILES string of the molecule is Cc1c(OC2CCCCO2)n(CCO)c(-c2ccc3ccccc3c2)c(OCc2ccccc2)c1=O. The van der Waals surface area contributed by atoms with E-state index in [1.807, 2.05) is 71.3 Å². The van der Waals surface area contributed by atoms with Crippen LogP contribution in [0.2, 0.25) is 0 Å². The lowest BCUT2D eigenvalue weighted by Gasteiger charge is -2.28. The van der Waals surface area contributed by atoms with Gasteiger partial charge in [-0.2, -0.15) is 0 Å². The lowest BCUT2D eigenvalue weighted by molar-refractivity contribution is -0.109. The topological polar surface area (TPSA) is 69.9 Å². The first kappa shape index (κ1) is 24.1. The van der Waals surface area contributed by atoms with E-state index in [1.54, 1.807) is 6.92 Å². The Bertz CT molecular complexity index is 1390. The van der Waals surface area contributed by atoms with Gasteiger partial charge in [-0.3, -0.25) is 4.79 Å². The van der Waals surface area contributed by atoms with Crippen LogP contribution >= 0.6 is 0 Å². The molecule has 186 valence electrons. The Morgan fingerprint density at radius 3 is 2.53 bits per heavy atom. The van der Waals surface area contributed by atoms with Crippen molar-refractivity contribution >= 4 is 10.8 Å². The van der Waals surface area contributed by atoms with Crippen molar-refractivity contribution < 1.29 is 19.3 Å². The number of aliphatic hydroxyl groups excluding tert-OH is 1. The van der Waals surface area contributed by atoms with Crippen LogP contribution in [0.3, 0.4) is 0 Å². The highest BCUT2D eigenvalue weighted by Gasteiger charge is 2.26. The molecule has 0 spiro atoms.